The van der Waals surface area contributed by atoms with E-state index < -0.39 is 16.7 Å². The van der Waals surface area contributed by atoms with Crippen molar-refractivity contribution in [3.63, 3.8) is 0 Å². The number of hydrogen-bond acceptors (Lipinski definition) is 3. The highest BCUT2D eigenvalue weighted by Gasteiger charge is 2.59. The Kier molecular flexibility index (Phi) is 2.21. The van der Waals surface area contributed by atoms with E-state index in [0.717, 1.165) is 24.8 Å². The van der Waals surface area contributed by atoms with Gasteiger partial charge in [-0.05, 0) is 37.7 Å². The van der Waals surface area contributed by atoms with Crippen LogP contribution in [0.5, 0.6) is 0 Å². The predicted molar refractivity (Wildman–Crippen MR) is 63.9 cm³/mol. The molecule has 2 aliphatic carbocycles. The van der Waals surface area contributed by atoms with Crippen LogP contribution in [-0.2, 0) is 9.59 Å². The van der Waals surface area contributed by atoms with Gasteiger partial charge in [-0.3, -0.25) is 14.9 Å². The molecule has 0 aromatic carbocycles. The van der Waals surface area contributed by atoms with Crippen LogP contribution in [0.2, 0.25) is 0 Å². The molecule has 0 unspecified atom stereocenters. The lowest BCUT2D eigenvalue weighted by molar-refractivity contribution is -0.143. The van der Waals surface area contributed by atoms with Gasteiger partial charge in [-0.2, -0.15) is 5.26 Å². The van der Waals surface area contributed by atoms with E-state index in [9.17, 15) is 14.9 Å². The van der Waals surface area contributed by atoms with Crippen molar-refractivity contribution in [2.45, 2.75) is 32.1 Å². The lowest BCUT2D eigenvalue weighted by Gasteiger charge is -2.45. The Morgan fingerprint density at radius 1 is 1.22 bits per heavy atom. The molecule has 0 aromatic rings. The number of allylic oxidation sites excluding steroid dienone is 3. The molecule has 1 fully saturated rings. The van der Waals surface area contributed by atoms with Gasteiger partial charge in [0.15, 0.2) is 5.41 Å². The number of imide groups is 1. The van der Waals surface area contributed by atoms with Crippen molar-refractivity contribution < 1.29 is 9.59 Å². The molecule has 2 amide bonds. The van der Waals surface area contributed by atoms with Gasteiger partial charge >= 0.3 is 0 Å². The molecule has 0 spiro atoms. The minimum Gasteiger partial charge on any atom is -0.294 e. The molecule has 3 rings (SSSR count). The monoisotopic (exact) mass is 242 g/mol. The van der Waals surface area contributed by atoms with E-state index in [-0.39, 0.29) is 5.91 Å². The molecule has 0 aromatic heterocycles. The van der Waals surface area contributed by atoms with Gasteiger partial charge in [0, 0.05) is 0 Å². The summed E-state index contributed by atoms with van der Waals surface area (Å²) < 4.78 is 0. The fraction of sp³-hybridized carbons (Fsp3) is 0.500. The Labute approximate surface area is 105 Å². The number of nitriles is 1. The van der Waals surface area contributed by atoms with Gasteiger partial charge in [0.05, 0.1) is 11.5 Å². The van der Waals surface area contributed by atoms with E-state index in [1.54, 1.807) is 0 Å². The molecule has 0 saturated carbocycles. The SMILES string of the molecule is N#C[C@@]12CC=CC[C@]3(CCCC=C13)C(=O)NC2=O. The summed E-state index contributed by atoms with van der Waals surface area (Å²) in [6.45, 7) is 0. The van der Waals surface area contributed by atoms with E-state index >= 15 is 0 Å². The molecule has 2 bridgehead atoms. The van der Waals surface area contributed by atoms with E-state index in [1.165, 1.54) is 0 Å². The maximum Gasteiger partial charge on any atom is 0.251 e. The van der Waals surface area contributed by atoms with Crippen molar-refractivity contribution in [1.82, 2.24) is 5.32 Å². The normalized spacial score (nSPS) is 38.1. The second-order valence-electron chi connectivity index (χ2n) is 5.27. The van der Waals surface area contributed by atoms with Crippen LogP contribution in [0.15, 0.2) is 23.8 Å². The number of rotatable bonds is 0. The molecular weight excluding hydrogens is 228 g/mol. The highest BCUT2D eigenvalue weighted by atomic mass is 16.2. The summed E-state index contributed by atoms with van der Waals surface area (Å²) in [5.74, 6) is -0.679. The number of hydrogen-bond donors (Lipinski definition) is 1. The van der Waals surface area contributed by atoms with E-state index in [0.29, 0.717) is 12.8 Å². The van der Waals surface area contributed by atoms with Gasteiger partial charge in [-0.1, -0.05) is 18.2 Å². The third-order valence-corrected chi connectivity index (χ3v) is 4.43. The highest BCUT2D eigenvalue weighted by molar-refractivity contribution is 6.09. The predicted octanol–water partition coefficient (Wildman–Crippen LogP) is 1.60. The molecule has 4 heteroatoms. The second-order valence-corrected chi connectivity index (χ2v) is 5.27. The average molecular weight is 242 g/mol. The van der Waals surface area contributed by atoms with Gasteiger partial charge < -0.3 is 0 Å². The number of amides is 2. The largest absolute Gasteiger partial charge is 0.294 e. The Balaban J connectivity index is 2.28. The fourth-order valence-corrected chi connectivity index (χ4v) is 3.46. The molecule has 0 radical (unpaired) electrons. The van der Waals surface area contributed by atoms with Gasteiger partial charge in [0.2, 0.25) is 5.91 Å². The molecule has 2 atom stereocenters. The highest BCUT2D eigenvalue weighted by Crippen LogP contribution is 2.54. The maximum atomic E-state index is 12.3. The van der Waals surface area contributed by atoms with Crippen molar-refractivity contribution in [1.29, 1.82) is 5.26 Å². The maximum absolute atomic E-state index is 12.3. The first kappa shape index (κ1) is 11.2. The zero-order valence-corrected chi connectivity index (χ0v) is 10.0. The van der Waals surface area contributed by atoms with Crippen LogP contribution in [0.4, 0.5) is 0 Å². The minimum atomic E-state index is -1.17. The van der Waals surface area contributed by atoms with Crippen LogP contribution in [0, 0.1) is 22.2 Å². The Morgan fingerprint density at radius 3 is 2.78 bits per heavy atom. The summed E-state index contributed by atoms with van der Waals surface area (Å²) in [4.78, 5) is 24.4. The summed E-state index contributed by atoms with van der Waals surface area (Å²) >= 11 is 0. The molecule has 1 saturated heterocycles. The first-order chi connectivity index (χ1) is 8.66. The van der Waals surface area contributed by atoms with Crippen LogP contribution in [0.25, 0.3) is 0 Å². The third-order valence-electron chi connectivity index (χ3n) is 4.43. The van der Waals surface area contributed by atoms with Crippen molar-refractivity contribution in [2.24, 2.45) is 10.8 Å². The Hall–Kier alpha value is -1.89. The van der Waals surface area contributed by atoms with Gasteiger partial charge in [-0.15, -0.1) is 0 Å². The van der Waals surface area contributed by atoms with E-state index in [2.05, 4.69) is 11.4 Å². The zero-order valence-electron chi connectivity index (χ0n) is 10.0. The number of carbonyl (C=O) groups excluding carboxylic acids is 2. The number of nitrogens with one attached hydrogen (secondary N) is 1. The van der Waals surface area contributed by atoms with Crippen molar-refractivity contribution in [2.75, 3.05) is 0 Å². The standard InChI is InChI=1S/C14H14N2O2/c15-9-14-8-4-3-7-13(11(17)16-12(14)18)6-2-1-5-10(13)14/h3-5H,1-2,6-8H2,(H,16,17,18)/t13-,14-/m0/s1. The summed E-state index contributed by atoms with van der Waals surface area (Å²) in [5, 5.41) is 11.9. The quantitative estimate of drug-likeness (QED) is 0.518. The van der Waals surface area contributed by atoms with Crippen LogP contribution >= 0.6 is 0 Å². The first-order valence-electron chi connectivity index (χ1n) is 6.29. The fourth-order valence-electron chi connectivity index (χ4n) is 3.46. The molecular formula is C14H14N2O2. The minimum absolute atomic E-state index is 0.226. The number of carbonyl (C=O) groups is 2. The molecule has 1 heterocycles. The van der Waals surface area contributed by atoms with E-state index in [1.807, 2.05) is 18.2 Å². The molecule has 92 valence electrons. The topological polar surface area (TPSA) is 70.0 Å². The smallest absolute Gasteiger partial charge is 0.251 e. The number of piperidine rings is 1. The second kappa shape index (κ2) is 3.55. The van der Waals surface area contributed by atoms with Crippen LogP contribution in [0.1, 0.15) is 32.1 Å². The van der Waals surface area contributed by atoms with Gasteiger partial charge in [0.1, 0.15) is 0 Å². The third kappa shape index (κ3) is 1.14. The van der Waals surface area contributed by atoms with Crippen molar-refractivity contribution >= 4 is 11.8 Å². The average Bonchev–Trinajstić information content (AvgIpc) is 2.53. The molecule has 1 N–H and O–H groups in total. The van der Waals surface area contributed by atoms with Crippen LogP contribution in [0.3, 0.4) is 0 Å². The first-order valence-corrected chi connectivity index (χ1v) is 6.29. The molecule has 1 aliphatic heterocycles. The number of nitrogens with zero attached hydrogens (tertiary/aromatic N) is 1. The summed E-state index contributed by atoms with van der Waals surface area (Å²) in [6.07, 6.45) is 9.24. The molecule has 18 heavy (non-hydrogen) atoms. The molecule has 3 aliphatic rings. The van der Waals surface area contributed by atoms with Crippen LogP contribution < -0.4 is 5.32 Å². The van der Waals surface area contributed by atoms with E-state index in [4.69, 9.17) is 0 Å². The zero-order chi connectivity index (χ0) is 12.8. The Morgan fingerprint density at radius 2 is 2.00 bits per heavy atom. The summed E-state index contributed by atoms with van der Waals surface area (Å²) in [7, 11) is 0. The molecule has 4 nitrogen and oxygen atoms in total. The van der Waals surface area contributed by atoms with Gasteiger partial charge in [-0.25, -0.2) is 0 Å². The lowest BCUT2D eigenvalue weighted by Crippen LogP contribution is -2.59. The summed E-state index contributed by atoms with van der Waals surface area (Å²) in [6, 6.07) is 2.17. The van der Waals surface area contributed by atoms with Crippen molar-refractivity contribution in [3.05, 3.63) is 23.8 Å². The van der Waals surface area contributed by atoms with Gasteiger partial charge in [0.25, 0.3) is 5.91 Å². The van der Waals surface area contributed by atoms with Crippen molar-refractivity contribution in [3.8, 4) is 6.07 Å². The van der Waals surface area contributed by atoms with Crippen LogP contribution in [-0.4, -0.2) is 11.8 Å². The lowest BCUT2D eigenvalue weighted by atomic mass is 9.58. The summed E-state index contributed by atoms with van der Waals surface area (Å²) in [5.41, 5.74) is -1.07. The Bertz CT molecular complexity index is 540.